The molecular formula is C27H29N3O2. The molecule has 4 rings (SSSR count). The van der Waals surface area contributed by atoms with Crippen molar-refractivity contribution in [3.8, 4) is 0 Å². The predicted molar refractivity (Wildman–Crippen MR) is 126 cm³/mol. The first kappa shape index (κ1) is 21.8. The van der Waals surface area contributed by atoms with Gasteiger partial charge in [0.1, 0.15) is 5.41 Å². The number of rotatable bonds is 8. The molecule has 4 N–H and O–H groups in total. The second-order valence-corrected chi connectivity index (χ2v) is 8.50. The van der Waals surface area contributed by atoms with Gasteiger partial charge in [0.15, 0.2) is 0 Å². The Morgan fingerprint density at radius 1 is 0.844 bits per heavy atom. The molecule has 5 heteroatoms. The minimum Gasteiger partial charge on any atom is -0.369 e. The van der Waals surface area contributed by atoms with Crippen LogP contribution in [0.3, 0.4) is 0 Å². The molecule has 0 bridgehead atoms. The minimum absolute atomic E-state index is 0.0852. The second-order valence-electron chi connectivity index (χ2n) is 8.50. The molecule has 0 aliphatic carbocycles. The molecule has 1 heterocycles. The van der Waals surface area contributed by atoms with E-state index in [0.717, 1.165) is 49.2 Å². The van der Waals surface area contributed by atoms with Gasteiger partial charge in [-0.2, -0.15) is 0 Å². The predicted octanol–water partition coefficient (Wildman–Crippen LogP) is 3.12. The van der Waals surface area contributed by atoms with Crippen molar-refractivity contribution in [2.75, 3.05) is 19.6 Å². The van der Waals surface area contributed by atoms with E-state index in [1.165, 1.54) is 0 Å². The maximum atomic E-state index is 13.1. The van der Waals surface area contributed by atoms with Gasteiger partial charge in [0.05, 0.1) is 0 Å². The van der Waals surface area contributed by atoms with Gasteiger partial charge in [-0.3, -0.25) is 9.59 Å². The highest BCUT2D eigenvalue weighted by Crippen LogP contribution is 2.43. The molecule has 0 aromatic heterocycles. The summed E-state index contributed by atoms with van der Waals surface area (Å²) in [5, 5.41) is 0. The third-order valence-electron chi connectivity index (χ3n) is 6.69. The molecule has 5 nitrogen and oxygen atoms in total. The summed E-state index contributed by atoms with van der Waals surface area (Å²) in [5.74, 6) is -0.630. The van der Waals surface area contributed by atoms with Crippen molar-refractivity contribution in [2.24, 2.45) is 17.4 Å². The van der Waals surface area contributed by atoms with Crippen molar-refractivity contribution in [1.82, 2.24) is 4.90 Å². The van der Waals surface area contributed by atoms with Crippen molar-refractivity contribution >= 4 is 11.8 Å². The van der Waals surface area contributed by atoms with Gasteiger partial charge in [0.2, 0.25) is 11.8 Å². The fourth-order valence-corrected chi connectivity index (χ4v) is 5.04. The summed E-state index contributed by atoms with van der Waals surface area (Å²) in [4.78, 5) is 26.8. The molecule has 1 saturated heterocycles. The summed E-state index contributed by atoms with van der Waals surface area (Å²) in [6.45, 7) is 2.59. The minimum atomic E-state index is -0.861. The first-order chi connectivity index (χ1) is 15.5. The lowest BCUT2D eigenvalue weighted by molar-refractivity contribution is -0.123. The molecule has 164 valence electrons. The smallest absolute Gasteiger partial charge is 0.248 e. The lowest BCUT2D eigenvalue weighted by atomic mass is 9.64. The number of carbonyl (C=O) groups is 2. The molecule has 2 amide bonds. The van der Waals surface area contributed by atoms with Crippen LogP contribution in [0.2, 0.25) is 0 Å². The van der Waals surface area contributed by atoms with Crippen LogP contribution in [-0.2, 0) is 16.6 Å². The SMILES string of the molecule is NC(=O)c1ccc(CCN2CCC(C(C(N)=O)(c3ccccc3)c3ccccc3)C2)cc1. The van der Waals surface area contributed by atoms with E-state index in [2.05, 4.69) is 4.90 Å². The van der Waals surface area contributed by atoms with Gasteiger partial charge >= 0.3 is 0 Å². The van der Waals surface area contributed by atoms with Gasteiger partial charge in [-0.25, -0.2) is 0 Å². The lowest BCUT2D eigenvalue weighted by Crippen LogP contribution is -2.49. The third kappa shape index (κ3) is 4.16. The molecule has 3 aromatic rings. The highest BCUT2D eigenvalue weighted by molar-refractivity contribution is 5.92. The van der Waals surface area contributed by atoms with Crippen LogP contribution in [0.4, 0.5) is 0 Å². The van der Waals surface area contributed by atoms with Gasteiger partial charge in [-0.1, -0.05) is 72.8 Å². The van der Waals surface area contributed by atoms with Gasteiger partial charge in [-0.05, 0) is 54.1 Å². The van der Waals surface area contributed by atoms with Gasteiger partial charge in [-0.15, -0.1) is 0 Å². The maximum absolute atomic E-state index is 13.1. The summed E-state index contributed by atoms with van der Waals surface area (Å²) in [7, 11) is 0. The highest BCUT2D eigenvalue weighted by atomic mass is 16.1. The summed E-state index contributed by atoms with van der Waals surface area (Å²) in [6, 6.07) is 27.3. The van der Waals surface area contributed by atoms with E-state index in [-0.39, 0.29) is 11.8 Å². The third-order valence-corrected chi connectivity index (χ3v) is 6.69. The van der Waals surface area contributed by atoms with Crippen molar-refractivity contribution in [2.45, 2.75) is 18.3 Å². The summed E-state index contributed by atoms with van der Waals surface area (Å²) >= 11 is 0. The number of primary amides is 2. The van der Waals surface area contributed by atoms with E-state index in [1.807, 2.05) is 72.8 Å². The van der Waals surface area contributed by atoms with Crippen molar-refractivity contribution < 1.29 is 9.59 Å². The molecule has 0 radical (unpaired) electrons. The standard InChI is InChI=1S/C27H29N3O2/c28-25(31)21-13-11-20(12-14-21)15-17-30-18-16-24(19-30)27(26(29)32,22-7-3-1-4-8-22)23-9-5-2-6-10-23/h1-14,24H,15-19H2,(H2,28,31)(H2,29,32). The lowest BCUT2D eigenvalue weighted by Gasteiger charge is -2.37. The van der Waals surface area contributed by atoms with E-state index >= 15 is 0 Å². The zero-order chi connectivity index (χ0) is 22.6. The molecule has 1 fully saturated rings. The number of hydrogen-bond acceptors (Lipinski definition) is 3. The Balaban J connectivity index is 1.56. The summed E-state index contributed by atoms with van der Waals surface area (Å²) in [5.41, 5.74) is 14.2. The van der Waals surface area contributed by atoms with Crippen LogP contribution in [0.5, 0.6) is 0 Å². The Morgan fingerprint density at radius 2 is 1.41 bits per heavy atom. The molecule has 3 aromatic carbocycles. The van der Waals surface area contributed by atoms with Crippen LogP contribution < -0.4 is 11.5 Å². The first-order valence-electron chi connectivity index (χ1n) is 11.0. The summed E-state index contributed by atoms with van der Waals surface area (Å²) < 4.78 is 0. The van der Waals surface area contributed by atoms with E-state index in [4.69, 9.17) is 11.5 Å². The fourth-order valence-electron chi connectivity index (χ4n) is 5.04. The largest absolute Gasteiger partial charge is 0.369 e. The van der Waals surface area contributed by atoms with Crippen LogP contribution in [0, 0.1) is 5.92 Å². The van der Waals surface area contributed by atoms with Crippen molar-refractivity contribution in [3.05, 3.63) is 107 Å². The number of amides is 2. The van der Waals surface area contributed by atoms with E-state index in [1.54, 1.807) is 12.1 Å². The van der Waals surface area contributed by atoms with E-state index in [9.17, 15) is 9.59 Å². The Hall–Kier alpha value is -3.44. The monoisotopic (exact) mass is 427 g/mol. The molecule has 0 saturated carbocycles. The highest BCUT2D eigenvalue weighted by Gasteiger charge is 2.49. The van der Waals surface area contributed by atoms with Gasteiger partial charge in [0.25, 0.3) is 0 Å². The maximum Gasteiger partial charge on any atom is 0.248 e. The van der Waals surface area contributed by atoms with Crippen LogP contribution >= 0.6 is 0 Å². The number of benzene rings is 3. The van der Waals surface area contributed by atoms with E-state index in [0.29, 0.717) is 5.56 Å². The average molecular weight is 428 g/mol. The fraction of sp³-hybridized carbons (Fsp3) is 0.259. The van der Waals surface area contributed by atoms with Crippen LogP contribution in [0.15, 0.2) is 84.9 Å². The van der Waals surface area contributed by atoms with Crippen molar-refractivity contribution in [3.63, 3.8) is 0 Å². The number of likely N-dealkylation sites (tertiary alicyclic amines) is 1. The van der Waals surface area contributed by atoms with Crippen molar-refractivity contribution in [1.29, 1.82) is 0 Å². The summed E-state index contributed by atoms with van der Waals surface area (Å²) in [6.07, 6.45) is 1.76. The Bertz CT molecular complexity index is 1030. The van der Waals surface area contributed by atoms with E-state index < -0.39 is 11.3 Å². The van der Waals surface area contributed by atoms with Crippen LogP contribution in [0.1, 0.15) is 33.5 Å². The number of nitrogens with zero attached hydrogens (tertiary/aromatic N) is 1. The first-order valence-corrected chi connectivity index (χ1v) is 11.0. The van der Waals surface area contributed by atoms with Gasteiger partial charge < -0.3 is 16.4 Å². The number of hydrogen-bond donors (Lipinski definition) is 2. The normalized spacial score (nSPS) is 16.7. The molecule has 1 atom stereocenters. The molecular weight excluding hydrogens is 398 g/mol. The molecule has 1 aliphatic heterocycles. The molecule has 32 heavy (non-hydrogen) atoms. The Kier molecular flexibility index (Phi) is 6.37. The number of nitrogens with two attached hydrogens (primary N) is 2. The molecule has 0 spiro atoms. The molecule has 1 unspecified atom stereocenters. The quantitative estimate of drug-likeness (QED) is 0.579. The zero-order valence-electron chi connectivity index (χ0n) is 18.1. The van der Waals surface area contributed by atoms with Crippen LogP contribution in [0.25, 0.3) is 0 Å². The average Bonchev–Trinajstić information content (AvgIpc) is 3.29. The second kappa shape index (κ2) is 9.37. The van der Waals surface area contributed by atoms with Crippen LogP contribution in [-0.4, -0.2) is 36.3 Å². The van der Waals surface area contributed by atoms with Gasteiger partial charge in [0, 0.05) is 18.7 Å². The Labute approximate surface area is 189 Å². The zero-order valence-corrected chi connectivity index (χ0v) is 18.1. The topological polar surface area (TPSA) is 89.4 Å². The number of carbonyl (C=O) groups excluding carboxylic acids is 2. The Morgan fingerprint density at radius 3 is 1.91 bits per heavy atom. The molecule has 1 aliphatic rings.